The van der Waals surface area contributed by atoms with E-state index in [4.69, 9.17) is 9.47 Å². The lowest BCUT2D eigenvalue weighted by atomic mass is 10.2. The summed E-state index contributed by atoms with van der Waals surface area (Å²) in [6.45, 7) is 1.91. The van der Waals surface area contributed by atoms with Gasteiger partial charge in [0.2, 0.25) is 10.0 Å². The van der Waals surface area contributed by atoms with E-state index in [0.717, 1.165) is 30.6 Å². The van der Waals surface area contributed by atoms with Crippen molar-refractivity contribution < 1.29 is 17.9 Å². The number of thiophene rings is 1. The second-order valence-corrected chi connectivity index (χ2v) is 10.5. The molecule has 1 unspecified atom stereocenters. The van der Waals surface area contributed by atoms with Crippen molar-refractivity contribution in [3.05, 3.63) is 82.6 Å². The molecule has 0 N–H and O–H groups in total. The number of ether oxygens (including phenoxy) is 2. The molecule has 31 heavy (non-hydrogen) atoms. The lowest BCUT2D eigenvalue weighted by molar-refractivity contribution is 0.0926. The fraction of sp³-hybridized carbons (Fsp3) is 0.333. The van der Waals surface area contributed by atoms with Crippen molar-refractivity contribution in [1.29, 1.82) is 0 Å². The van der Waals surface area contributed by atoms with Gasteiger partial charge in [0.1, 0.15) is 5.75 Å². The summed E-state index contributed by atoms with van der Waals surface area (Å²) >= 11 is 1.72. The average Bonchev–Trinajstić information content (AvgIpc) is 3.49. The Balaban J connectivity index is 1.48. The van der Waals surface area contributed by atoms with E-state index in [9.17, 15) is 8.42 Å². The minimum absolute atomic E-state index is 0.0660. The van der Waals surface area contributed by atoms with E-state index in [0.29, 0.717) is 24.7 Å². The summed E-state index contributed by atoms with van der Waals surface area (Å²) in [5, 5.41) is 2.06. The molecule has 1 aliphatic heterocycles. The molecule has 0 spiro atoms. The third kappa shape index (κ3) is 5.95. The van der Waals surface area contributed by atoms with E-state index in [1.165, 1.54) is 9.18 Å². The van der Waals surface area contributed by atoms with Gasteiger partial charge in [0.15, 0.2) is 0 Å². The highest BCUT2D eigenvalue weighted by Gasteiger charge is 2.29. The van der Waals surface area contributed by atoms with Gasteiger partial charge in [-0.05, 0) is 54.1 Å². The first kappa shape index (κ1) is 22.0. The molecule has 1 aromatic heterocycles. The molecule has 0 bridgehead atoms. The second kappa shape index (κ2) is 10.4. The SMILES string of the molecule is O=S(=O)(c1ccccc1)N(Cc1cccc(OCCc2cccs2)c1)CC1CCCO1. The van der Waals surface area contributed by atoms with Crippen LogP contribution in [0.1, 0.15) is 23.3 Å². The molecule has 4 rings (SSSR count). The maximum atomic E-state index is 13.4. The number of hydrogen-bond acceptors (Lipinski definition) is 5. The second-order valence-electron chi connectivity index (χ2n) is 7.57. The van der Waals surface area contributed by atoms with E-state index < -0.39 is 10.0 Å². The summed E-state index contributed by atoms with van der Waals surface area (Å²) in [5.41, 5.74) is 0.895. The Labute approximate surface area is 188 Å². The summed E-state index contributed by atoms with van der Waals surface area (Å²) in [4.78, 5) is 1.59. The van der Waals surface area contributed by atoms with Gasteiger partial charge in [-0.25, -0.2) is 8.42 Å². The molecule has 1 saturated heterocycles. The summed E-state index contributed by atoms with van der Waals surface area (Å²) in [6.07, 6.45) is 2.64. The molecule has 1 fully saturated rings. The molecule has 0 saturated carbocycles. The lowest BCUT2D eigenvalue weighted by Gasteiger charge is -2.25. The van der Waals surface area contributed by atoms with Crippen LogP contribution in [0.5, 0.6) is 5.75 Å². The van der Waals surface area contributed by atoms with Gasteiger partial charge in [-0.3, -0.25) is 0 Å². The van der Waals surface area contributed by atoms with Crippen molar-refractivity contribution in [3.8, 4) is 5.75 Å². The summed E-state index contributed by atoms with van der Waals surface area (Å²) < 4.78 is 39.9. The first-order valence-electron chi connectivity index (χ1n) is 10.5. The molecule has 0 aliphatic carbocycles. The predicted molar refractivity (Wildman–Crippen MR) is 123 cm³/mol. The van der Waals surface area contributed by atoms with Crippen molar-refractivity contribution in [2.24, 2.45) is 0 Å². The Hall–Kier alpha value is -2.19. The van der Waals surface area contributed by atoms with E-state index in [-0.39, 0.29) is 12.6 Å². The molecule has 1 atom stereocenters. The van der Waals surface area contributed by atoms with E-state index in [1.54, 1.807) is 35.6 Å². The van der Waals surface area contributed by atoms with Crippen molar-refractivity contribution in [3.63, 3.8) is 0 Å². The van der Waals surface area contributed by atoms with Crippen LogP contribution in [0.3, 0.4) is 0 Å². The predicted octanol–water partition coefficient (Wildman–Crippen LogP) is 4.74. The largest absolute Gasteiger partial charge is 0.493 e. The molecule has 2 aromatic carbocycles. The van der Waals surface area contributed by atoms with Crippen LogP contribution in [0.4, 0.5) is 0 Å². The van der Waals surface area contributed by atoms with Crippen molar-refractivity contribution >= 4 is 21.4 Å². The quantitative estimate of drug-likeness (QED) is 0.441. The van der Waals surface area contributed by atoms with Gasteiger partial charge in [0, 0.05) is 31.0 Å². The highest BCUT2D eigenvalue weighted by molar-refractivity contribution is 7.89. The minimum Gasteiger partial charge on any atom is -0.493 e. The first-order valence-corrected chi connectivity index (χ1v) is 12.8. The van der Waals surface area contributed by atoms with Crippen LogP contribution in [0.25, 0.3) is 0 Å². The number of sulfonamides is 1. The summed E-state index contributed by atoms with van der Waals surface area (Å²) in [6, 6.07) is 20.4. The van der Waals surface area contributed by atoms with Crippen LogP contribution in [-0.4, -0.2) is 38.6 Å². The van der Waals surface area contributed by atoms with E-state index in [1.807, 2.05) is 36.4 Å². The normalized spacial score (nSPS) is 16.6. The van der Waals surface area contributed by atoms with Crippen molar-refractivity contribution in [1.82, 2.24) is 4.31 Å². The minimum atomic E-state index is -3.63. The molecular weight excluding hydrogens is 430 g/mol. The van der Waals surface area contributed by atoms with Gasteiger partial charge < -0.3 is 9.47 Å². The Kier molecular flexibility index (Phi) is 7.40. The first-order chi connectivity index (χ1) is 15.1. The zero-order chi connectivity index (χ0) is 21.5. The zero-order valence-electron chi connectivity index (χ0n) is 17.4. The summed E-state index contributed by atoms with van der Waals surface area (Å²) in [5.74, 6) is 0.753. The highest BCUT2D eigenvalue weighted by atomic mass is 32.2. The summed E-state index contributed by atoms with van der Waals surface area (Å²) in [7, 11) is -3.63. The molecule has 0 amide bonds. The van der Waals surface area contributed by atoms with Crippen LogP contribution >= 0.6 is 11.3 Å². The van der Waals surface area contributed by atoms with Gasteiger partial charge in [0.25, 0.3) is 0 Å². The Bertz CT molecular complexity index is 1050. The third-order valence-corrected chi connectivity index (χ3v) is 8.03. The van der Waals surface area contributed by atoms with Crippen molar-refractivity contribution in [2.75, 3.05) is 19.8 Å². The van der Waals surface area contributed by atoms with E-state index >= 15 is 0 Å². The standard InChI is InChI=1S/C24H27NO4S2/c26-31(27,24-11-2-1-3-12-24)25(19-22-9-5-14-28-22)18-20-7-4-8-21(17-20)29-15-13-23-10-6-16-30-23/h1-4,6-8,10-12,16-17,22H,5,9,13-15,18-19H2. The van der Waals surface area contributed by atoms with Gasteiger partial charge in [-0.15, -0.1) is 11.3 Å². The number of benzene rings is 2. The molecule has 1 aliphatic rings. The van der Waals surface area contributed by atoms with Gasteiger partial charge >= 0.3 is 0 Å². The fourth-order valence-corrected chi connectivity index (χ4v) is 5.84. The Morgan fingerprint density at radius 1 is 1.06 bits per heavy atom. The topological polar surface area (TPSA) is 55.8 Å². The molecule has 5 nitrogen and oxygen atoms in total. The van der Waals surface area contributed by atoms with Crippen LogP contribution in [0, 0.1) is 0 Å². The molecule has 0 radical (unpaired) electrons. The maximum absolute atomic E-state index is 13.4. The molecule has 3 aromatic rings. The molecular formula is C24H27NO4S2. The van der Waals surface area contributed by atoms with Crippen LogP contribution in [-0.2, 0) is 27.7 Å². The van der Waals surface area contributed by atoms with Crippen LogP contribution < -0.4 is 4.74 Å². The van der Waals surface area contributed by atoms with Crippen LogP contribution in [0.2, 0.25) is 0 Å². The monoisotopic (exact) mass is 457 g/mol. The molecule has 164 valence electrons. The van der Waals surface area contributed by atoms with Crippen molar-refractivity contribution in [2.45, 2.75) is 36.8 Å². The Morgan fingerprint density at radius 2 is 1.94 bits per heavy atom. The third-order valence-electron chi connectivity index (χ3n) is 5.27. The van der Waals surface area contributed by atoms with E-state index in [2.05, 4.69) is 11.4 Å². The van der Waals surface area contributed by atoms with Gasteiger partial charge in [-0.2, -0.15) is 4.31 Å². The van der Waals surface area contributed by atoms with Gasteiger partial charge in [0.05, 0.1) is 17.6 Å². The average molecular weight is 458 g/mol. The number of hydrogen-bond donors (Lipinski definition) is 0. The fourth-order valence-electron chi connectivity index (χ4n) is 3.67. The van der Waals surface area contributed by atoms with Gasteiger partial charge in [-0.1, -0.05) is 36.4 Å². The maximum Gasteiger partial charge on any atom is 0.243 e. The number of rotatable bonds is 10. The zero-order valence-corrected chi connectivity index (χ0v) is 19.0. The smallest absolute Gasteiger partial charge is 0.243 e. The lowest BCUT2D eigenvalue weighted by Crippen LogP contribution is -2.36. The Morgan fingerprint density at radius 3 is 2.68 bits per heavy atom. The molecule has 7 heteroatoms. The number of nitrogens with zero attached hydrogens (tertiary/aromatic N) is 1. The molecule has 2 heterocycles. The van der Waals surface area contributed by atoms with Crippen LogP contribution in [0.15, 0.2) is 77.0 Å². The highest BCUT2D eigenvalue weighted by Crippen LogP contribution is 2.24.